The molecule has 1 aliphatic rings. The number of aromatic nitrogens is 3. The van der Waals surface area contributed by atoms with Gasteiger partial charge in [-0.25, -0.2) is 4.98 Å². The number of nitrogens with one attached hydrogen (secondary N) is 3. The number of hydrogen-bond acceptors (Lipinski definition) is 15. The number of carbonyl (C=O) groups is 5. The molecular weight excluding hydrogens is 813 g/mol. The molecule has 0 aliphatic carbocycles. The van der Waals surface area contributed by atoms with E-state index < -0.39 is 48.0 Å². The SMILES string of the molecule is CCCCCNc1nc(N)nc2ccn(Cc3ccc(CN4CCN(C(=O)CCOCCOCCNC(=O)CNC(=O)[C@H](CC(=O)O)SC[C@H](N)C(=O)O)CC4)cc3OC)c12. The average Bonchev–Trinajstić information content (AvgIpc) is 3.64. The molecule has 4 rings (SSSR count). The van der Waals surface area contributed by atoms with Gasteiger partial charge in [-0.1, -0.05) is 31.9 Å². The number of nitrogens with zero attached hydrogens (tertiary/aromatic N) is 5. The number of anilines is 2. The number of rotatable bonds is 28. The van der Waals surface area contributed by atoms with E-state index in [-0.39, 0.29) is 57.0 Å². The van der Waals surface area contributed by atoms with Crippen LogP contribution in [-0.2, 0) is 46.5 Å². The number of unbranched alkanes of at least 4 members (excludes halogenated alkanes) is 2. The van der Waals surface area contributed by atoms with E-state index in [2.05, 4.69) is 60.5 Å². The zero-order valence-electron chi connectivity index (χ0n) is 34.9. The van der Waals surface area contributed by atoms with E-state index in [4.69, 9.17) is 35.9 Å². The quantitative estimate of drug-likeness (QED) is 0.0501. The van der Waals surface area contributed by atoms with Crippen LogP contribution in [0.3, 0.4) is 0 Å². The van der Waals surface area contributed by atoms with Crippen LogP contribution in [0.2, 0.25) is 0 Å². The fraction of sp³-hybridized carbons (Fsp3) is 0.575. The van der Waals surface area contributed by atoms with E-state index in [9.17, 15) is 24.0 Å². The molecule has 3 amide bonds. The fourth-order valence-corrected chi connectivity index (χ4v) is 7.58. The summed E-state index contributed by atoms with van der Waals surface area (Å²) in [4.78, 5) is 72.4. The van der Waals surface area contributed by atoms with Crippen molar-refractivity contribution < 1.29 is 48.4 Å². The van der Waals surface area contributed by atoms with Crippen molar-refractivity contribution in [3.05, 3.63) is 41.6 Å². The van der Waals surface area contributed by atoms with Gasteiger partial charge in [0.05, 0.1) is 70.2 Å². The first kappa shape index (κ1) is 48.4. The summed E-state index contributed by atoms with van der Waals surface area (Å²) in [6, 6.07) is 6.98. The maximum Gasteiger partial charge on any atom is 0.321 e. The van der Waals surface area contributed by atoms with Crippen LogP contribution in [0.5, 0.6) is 5.75 Å². The lowest BCUT2D eigenvalue weighted by Gasteiger charge is -2.35. The molecular formula is C40H60N10O10S. The predicted octanol–water partition coefficient (Wildman–Crippen LogP) is 0.961. The van der Waals surface area contributed by atoms with Crippen LogP contribution < -0.4 is 32.2 Å². The monoisotopic (exact) mass is 872 g/mol. The van der Waals surface area contributed by atoms with E-state index in [0.29, 0.717) is 19.6 Å². The molecule has 1 fully saturated rings. The molecule has 336 valence electrons. The number of carboxylic acid groups (broad SMARTS) is 2. The molecule has 1 aliphatic heterocycles. The van der Waals surface area contributed by atoms with Crippen molar-refractivity contribution in [2.75, 3.05) is 96.2 Å². The summed E-state index contributed by atoms with van der Waals surface area (Å²) in [6.07, 6.45) is 5.01. The zero-order valence-corrected chi connectivity index (χ0v) is 35.8. The lowest BCUT2D eigenvalue weighted by atomic mass is 10.1. The number of carbonyl (C=O) groups excluding carboxylic acids is 3. The van der Waals surface area contributed by atoms with Crippen molar-refractivity contribution in [1.29, 1.82) is 0 Å². The highest BCUT2D eigenvalue weighted by atomic mass is 32.2. The normalized spacial score (nSPS) is 14.0. The minimum atomic E-state index is -1.27. The summed E-state index contributed by atoms with van der Waals surface area (Å²) in [5.74, 6) is -2.12. The maximum atomic E-state index is 12.9. The van der Waals surface area contributed by atoms with Gasteiger partial charge in [0.1, 0.15) is 17.3 Å². The molecule has 3 heterocycles. The molecule has 0 spiro atoms. The summed E-state index contributed by atoms with van der Waals surface area (Å²) >= 11 is 0.797. The fourth-order valence-electron chi connectivity index (χ4n) is 6.50. The Kier molecular flexibility index (Phi) is 20.3. The Hall–Kier alpha value is -5.22. The highest BCUT2D eigenvalue weighted by molar-refractivity contribution is 8.00. The molecule has 1 aromatic carbocycles. The van der Waals surface area contributed by atoms with E-state index in [1.165, 1.54) is 0 Å². The average molecular weight is 873 g/mol. The third-order valence-electron chi connectivity index (χ3n) is 9.79. The van der Waals surface area contributed by atoms with Gasteiger partial charge in [-0.05, 0) is 24.1 Å². The molecule has 1 saturated heterocycles. The van der Waals surface area contributed by atoms with Gasteiger partial charge in [0.15, 0.2) is 5.82 Å². The molecule has 21 heteroatoms. The number of benzene rings is 1. The van der Waals surface area contributed by atoms with Crippen LogP contribution in [0.4, 0.5) is 11.8 Å². The smallest absolute Gasteiger partial charge is 0.321 e. The second-order valence-corrected chi connectivity index (χ2v) is 15.7. The first-order valence-corrected chi connectivity index (χ1v) is 21.5. The molecule has 0 radical (unpaired) electrons. The van der Waals surface area contributed by atoms with Gasteiger partial charge >= 0.3 is 11.9 Å². The Bertz CT molecular complexity index is 1910. The molecule has 0 unspecified atom stereocenters. The van der Waals surface area contributed by atoms with Crippen molar-refractivity contribution >= 4 is 64.2 Å². The second-order valence-electron chi connectivity index (χ2n) is 14.5. The van der Waals surface area contributed by atoms with E-state index in [1.54, 1.807) is 7.11 Å². The molecule has 2 atom stereocenters. The van der Waals surface area contributed by atoms with E-state index >= 15 is 0 Å². The predicted molar refractivity (Wildman–Crippen MR) is 230 cm³/mol. The van der Waals surface area contributed by atoms with Gasteiger partial charge in [-0.15, -0.1) is 11.8 Å². The highest BCUT2D eigenvalue weighted by Crippen LogP contribution is 2.28. The minimum absolute atomic E-state index is 0.0306. The van der Waals surface area contributed by atoms with Gasteiger partial charge in [0.2, 0.25) is 23.7 Å². The lowest BCUT2D eigenvalue weighted by Crippen LogP contribution is -2.48. The molecule has 3 aromatic rings. The Morgan fingerprint density at radius 2 is 1.69 bits per heavy atom. The summed E-state index contributed by atoms with van der Waals surface area (Å²) in [6.45, 7) is 7.75. The molecule has 0 saturated carbocycles. The number of piperazine rings is 1. The van der Waals surface area contributed by atoms with Crippen molar-refractivity contribution in [2.24, 2.45) is 5.73 Å². The largest absolute Gasteiger partial charge is 0.496 e. The van der Waals surface area contributed by atoms with Gasteiger partial charge in [0.25, 0.3) is 0 Å². The Balaban J connectivity index is 1.08. The van der Waals surface area contributed by atoms with Crippen LogP contribution in [0, 0.1) is 0 Å². The van der Waals surface area contributed by atoms with Crippen LogP contribution in [0.1, 0.15) is 50.2 Å². The molecule has 61 heavy (non-hydrogen) atoms. The van der Waals surface area contributed by atoms with Crippen molar-refractivity contribution in [2.45, 2.75) is 63.4 Å². The summed E-state index contributed by atoms with van der Waals surface area (Å²) in [5.41, 5.74) is 15.3. The Labute approximate surface area is 359 Å². The van der Waals surface area contributed by atoms with Crippen LogP contribution >= 0.6 is 11.8 Å². The van der Waals surface area contributed by atoms with Crippen LogP contribution in [0.15, 0.2) is 30.5 Å². The molecule has 20 nitrogen and oxygen atoms in total. The van der Waals surface area contributed by atoms with Gasteiger partial charge in [0, 0.05) is 63.3 Å². The molecule has 0 bridgehead atoms. The van der Waals surface area contributed by atoms with Crippen molar-refractivity contribution in [1.82, 2.24) is 35.0 Å². The number of aliphatic carboxylic acids is 2. The van der Waals surface area contributed by atoms with Crippen molar-refractivity contribution in [3.8, 4) is 5.75 Å². The van der Waals surface area contributed by atoms with Gasteiger partial charge in [-0.3, -0.25) is 28.9 Å². The van der Waals surface area contributed by atoms with Crippen LogP contribution in [-0.4, -0.2) is 161 Å². The summed E-state index contributed by atoms with van der Waals surface area (Å²) in [5, 5.41) is 25.2. The number of nitrogens with two attached hydrogens (primary N) is 2. The van der Waals surface area contributed by atoms with Gasteiger partial charge < -0.3 is 61.3 Å². The van der Waals surface area contributed by atoms with Crippen molar-refractivity contribution in [3.63, 3.8) is 0 Å². The van der Waals surface area contributed by atoms with Crippen LogP contribution in [0.25, 0.3) is 11.0 Å². The first-order chi connectivity index (χ1) is 29.4. The number of ether oxygens (including phenoxy) is 3. The third-order valence-corrected chi connectivity index (χ3v) is 11.1. The Morgan fingerprint density at radius 1 is 0.934 bits per heavy atom. The number of nitrogen functional groups attached to an aromatic ring is 1. The maximum absolute atomic E-state index is 12.9. The van der Waals surface area contributed by atoms with E-state index in [0.717, 1.165) is 90.9 Å². The summed E-state index contributed by atoms with van der Waals surface area (Å²) in [7, 11) is 1.68. The number of carboxylic acids is 2. The van der Waals surface area contributed by atoms with Gasteiger partial charge in [-0.2, -0.15) is 4.98 Å². The standard InChI is InChI=1S/C40H60N10O10S/c1-3-4-5-10-44-37-36-30(46-40(42)47-37)8-12-50(36)25-28-7-6-27(21-31(28)58-2)24-48-13-15-49(16-14-48)34(52)9-17-59-19-20-60-18-11-43-33(51)23-45-38(55)32(22-35(53)54)61-26-29(41)39(56)57/h6-8,12,21,29,32H,3-5,9-11,13-20,22-26,41H2,1-2H3,(H,43,51)(H,45,55)(H,53,54)(H,56,57)(H3,42,44,46,47)/t29-,32-/m0/s1. The zero-order chi connectivity index (χ0) is 44.1. The first-order valence-electron chi connectivity index (χ1n) is 20.4. The number of thioether (sulfide) groups is 1. The minimum Gasteiger partial charge on any atom is -0.496 e. The third kappa shape index (κ3) is 16.3. The topological polar surface area (TPSA) is 279 Å². The number of hydrogen-bond donors (Lipinski definition) is 7. The highest BCUT2D eigenvalue weighted by Gasteiger charge is 2.25. The number of methoxy groups -OCH3 is 1. The van der Waals surface area contributed by atoms with E-state index in [1.807, 2.05) is 17.2 Å². The second kappa shape index (κ2) is 25.5. The Morgan fingerprint density at radius 3 is 2.39 bits per heavy atom. The lowest BCUT2D eigenvalue weighted by molar-refractivity contribution is -0.138. The molecule has 2 aromatic heterocycles. The molecule has 9 N–H and O–H groups in total. The number of fused-ring (bicyclic) bond motifs is 1. The summed E-state index contributed by atoms with van der Waals surface area (Å²) < 4.78 is 19.0. The number of amides is 3.